The van der Waals surface area contributed by atoms with E-state index < -0.39 is 0 Å². The molecule has 10 aromatic rings. The monoisotopic (exact) mass is 1120 g/mol. The molecule has 2 saturated carbocycles. The van der Waals surface area contributed by atoms with Gasteiger partial charge in [-0.3, -0.25) is 0 Å². The Morgan fingerprint density at radius 3 is 1.25 bits per heavy atom. The van der Waals surface area contributed by atoms with Crippen molar-refractivity contribution in [1.82, 2.24) is 19.1 Å². The molecule has 85 heavy (non-hydrogen) atoms. The van der Waals surface area contributed by atoms with Gasteiger partial charge in [0, 0.05) is 60.5 Å². The third-order valence-electron chi connectivity index (χ3n) is 20.9. The molecule has 5 heterocycles. The van der Waals surface area contributed by atoms with Gasteiger partial charge in [0.25, 0.3) is 6.71 Å². The van der Waals surface area contributed by atoms with Crippen molar-refractivity contribution in [2.45, 2.75) is 233 Å². The lowest BCUT2D eigenvalue weighted by molar-refractivity contribution is 0.444. The summed E-state index contributed by atoms with van der Waals surface area (Å²) in [7, 11) is 0. The van der Waals surface area contributed by atoms with E-state index in [0.717, 1.165) is 33.5 Å². The molecule has 4 nitrogen and oxygen atoms in total. The molecule has 0 radical (unpaired) electrons. The predicted molar refractivity (Wildman–Crippen MR) is 368 cm³/mol. The summed E-state index contributed by atoms with van der Waals surface area (Å²) in [6.07, 6.45) is 12.9. The topological polar surface area (TPSA) is 35.6 Å². The normalized spacial score (nSPS) is 16.5. The van der Waals surface area contributed by atoms with Crippen molar-refractivity contribution in [2.24, 2.45) is 0 Å². The third-order valence-corrected chi connectivity index (χ3v) is 20.9. The zero-order valence-electron chi connectivity index (χ0n) is 54.9. The van der Waals surface area contributed by atoms with Gasteiger partial charge in [0.2, 0.25) is 0 Å². The van der Waals surface area contributed by atoms with Crippen LogP contribution in [-0.2, 0) is 32.5 Å². The molecule has 2 aliphatic heterocycles. The van der Waals surface area contributed by atoms with Crippen LogP contribution in [0.2, 0.25) is 0 Å². The molecule has 3 aromatic heterocycles. The molecule has 4 aliphatic rings. The Kier molecular flexibility index (Phi) is 12.6. The summed E-state index contributed by atoms with van der Waals surface area (Å²) < 4.78 is 5.58. The molecule has 0 bridgehead atoms. The van der Waals surface area contributed by atoms with Crippen LogP contribution in [0.5, 0.6) is 0 Å². The number of aromatic nitrogens is 4. The van der Waals surface area contributed by atoms with Gasteiger partial charge in [0.15, 0.2) is 5.82 Å². The maximum atomic E-state index is 5.92. The summed E-state index contributed by atoms with van der Waals surface area (Å²) in [4.78, 5) is 11.4. The van der Waals surface area contributed by atoms with Crippen LogP contribution in [0.4, 0.5) is 0 Å². The highest BCUT2D eigenvalue weighted by atomic mass is 15.0. The number of hydrogen-bond donors (Lipinski definition) is 0. The standard InChI is InChI=1S/C80H93BN4/c1-75(2,3)52-33-51(34-53(41-52)76(4,5)6)74-82-63-32-26-25-31-56(63)71(83-74)50-39-66-70-67(40-50)85-65-45-55(78(10,11)12)43-60(80(16,17)18)69(65)58-36-49(47-29-23-20-24-30-47)38-62(73(58)85)81(70)61-37-48(46-27-21-19-22-28-46)35-57-68-59(79(13,14)15)42-54(77(7,8)9)44-64(68)84(66)72(57)61/h25-26,31-47H,19-24,27-30H2,1-18H3. The fourth-order valence-corrected chi connectivity index (χ4v) is 15.9. The maximum Gasteiger partial charge on any atom is 0.252 e. The SMILES string of the molecule is CC(C)(C)c1cc(-c2nc(-c3cc4c5c(c3)-n3c6cc(C(C)(C)C)cc(C(C)(C)C)c6c6cc(C7CCCCC7)cc(c63)B5c3cc(C5CCCCC5)cc5c6c(C(C)(C)C)cc(C(C)(C)C)cc6n-4c35)c3ccccc3n2)cc(C(C)(C)C)c1. The molecule has 0 unspecified atom stereocenters. The Labute approximate surface area is 508 Å². The van der Waals surface area contributed by atoms with E-state index in [1.807, 2.05) is 0 Å². The van der Waals surface area contributed by atoms with E-state index in [-0.39, 0.29) is 39.2 Å². The fourth-order valence-electron chi connectivity index (χ4n) is 15.9. The van der Waals surface area contributed by atoms with E-state index in [9.17, 15) is 0 Å². The minimum atomic E-state index is -0.114. The summed E-state index contributed by atoms with van der Waals surface area (Å²) >= 11 is 0. The van der Waals surface area contributed by atoms with Gasteiger partial charge in [0.05, 0.1) is 22.2 Å². The summed E-state index contributed by atoms with van der Waals surface area (Å²) in [6, 6.07) is 42.5. The molecule has 7 aromatic carbocycles. The van der Waals surface area contributed by atoms with Crippen molar-refractivity contribution in [3.63, 3.8) is 0 Å². The number of hydrogen-bond acceptors (Lipinski definition) is 2. The molecular formula is C80H93BN4. The van der Waals surface area contributed by atoms with Crippen LogP contribution in [0.1, 0.15) is 245 Å². The second-order valence-corrected chi connectivity index (χ2v) is 33.3. The van der Waals surface area contributed by atoms with E-state index >= 15 is 0 Å². The van der Waals surface area contributed by atoms with E-state index in [4.69, 9.17) is 9.97 Å². The second kappa shape index (κ2) is 19.0. The predicted octanol–water partition coefficient (Wildman–Crippen LogP) is 20.2. The quantitative estimate of drug-likeness (QED) is 0.165. The zero-order chi connectivity index (χ0) is 60.0. The second-order valence-electron chi connectivity index (χ2n) is 33.3. The van der Waals surface area contributed by atoms with E-state index in [1.54, 1.807) is 11.1 Å². The molecule has 0 amide bonds. The Morgan fingerprint density at radius 2 is 0.824 bits per heavy atom. The Morgan fingerprint density at radius 1 is 0.400 bits per heavy atom. The molecule has 0 atom stereocenters. The fraction of sp³-hybridized carbons (Fsp3) is 0.450. The van der Waals surface area contributed by atoms with Crippen LogP contribution < -0.4 is 16.4 Å². The van der Waals surface area contributed by atoms with Crippen LogP contribution >= 0.6 is 0 Å². The van der Waals surface area contributed by atoms with E-state index in [2.05, 4.69) is 237 Å². The van der Waals surface area contributed by atoms with E-state index in [0.29, 0.717) is 11.8 Å². The molecule has 0 saturated heterocycles. The Bertz CT molecular complexity index is 4190. The summed E-state index contributed by atoms with van der Waals surface area (Å²) in [6.45, 7) is 43.1. The Balaban J connectivity index is 1.20. The third kappa shape index (κ3) is 9.10. The largest absolute Gasteiger partial charge is 0.310 e. The highest BCUT2D eigenvalue weighted by molar-refractivity contribution is 7.00. The molecule has 2 fully saturated rings. The van der Waals surface area contributed by atoms with Crippen molar-refractivity contribution in [3.8, 4) is 34.0 Å². The van der Waals surface area contributed by atoms with Crippen LogP contribution in [0.3, 0.4) is 0 Å². The average Bonchev–Trinajstić information content (AvgIpc) is 1.57. The number of rotatable bonds is 4. The van der Waals surface area contributed by atoms with Gasteiger partial charge in [-0.2, -0.15) is 0 Å². The van der Waals surface area contributed by atoms with Crippen LogP contribution in [0.15, 0.2) is 103 Å². The van der Waals surface area contributed by atoms with Crippen molar-refractivity contribution in [2.75, 3.05) is 0 Å². The minimum Gasteiger partial charge on any atom is -0.310 e. The van der Waals surface area contributed by atoms with Crippen molar-refractivity contribution < 1.29 is 0 Å². The minimum absolute atomic E-state index is 0.0127. The first-order valence-corrected chi connectivity index (χ1v) is 32.9. The highest BCUT2D eigenvalue weighted by Gasteiger charge is 2.44. The average molecular weight is 1120 g/mol. The van der Waals surface area contributed by atoms with Crippen molar-refractivity contribution in [3.05, 3.63) is 148 Å². The highest BCUT2D eigenvalue weighted by Crippen LogP contribution is 2.50. The molecule has 0 spiro atoms. The van der Waals surface area contributed by atoms with Gasteiger partial charge < -0.3 is 9.13 Å². The van der Waals surface area contributed by atoms with Crippen LogP contribution in [0.25, 0.3) is 88.5 Å². The van der Waals surface area contributed by atoms with Crippen LogP contribution in [-0.4, -0.2) is 25.8 Å². The smallest absolute Gasteiger partial charge is 0.252 e. The van der Waals surface area contributed by atoms with Gasteiger partial charge in [-0.1, -0.05) is 212 Å². The van der Waals surface area contributed by atoms with Gasteiger partial charge >= 0.3 is 0 Å². The first-order chi connectivity index (χ1) is 39.9. The molecule has 2 aliphatic carbocycles. The number of para-hydroxylation sites is 1. The first-order valence-electron chi connectivity index (χ1n) is 32.9. The summed E-state index contributed by atoms with van der Waals surface area (Å²) in [5.74, 6) is 1.86. The lowest BCUT2D eigenvalue weighted by Gasteiger charge is -2.36. The molecular weight excluding hydrogens is 1030 g/mol. The van der Waals surface area contributed by atoms with E-state index in [1.165, 1.54) is 169 Å². The number of fused-ring (bicyclic) bond motifs is 11. The number of nitrogens with zero attached hydrogens (tertiary/aromatic N) is 4. The summed E-state index contributed by atoms with van der Waals surface area (Å²) in [5, 5.41) is 6.77. The van der Waals surface area contributed by atoms with Gasteiger partial charge in [-0.25, -0.2) is 9.97 Å². The Hall–Kier alpha value is -6.46. The lowest BCUT2D eigenvalue weighted by Crippen LogP contribution is -2.59. The van der Waals surface area contributed by atoms with Crippen LogP contribution in [0, 0.1) is 0 Å². The summed E-state index contributed by atoms with van der Waals surface area (Å²) in [5.41, 5.74) is 27.3. The molecule has 436 valence electrons. The lowest BCUT2D eigenvalue weighted by atomic mass is 9.34. The molecule has 0 N–H and O–H groups in total. The van der Waals surface area contributed by atoms with Gasteiger partial charge in [-0.15, -0.1) is 0 Å². The maximum absolute atomic E-state index is 5.92. The van der Waals surface area contributed by atoms with Crippen molar-refractivity contribution >= 4 is 77.6 Å². The molecule has 5 heteroatoms. The molecule has 14 rings (SSSR count). The van der Waals surface area contributed by atoms with Crippen molar-refractivity contribution in [1.29, 1.82) is 0 Å². The first kappa shape index (κ1) is 56.4. The van der Waals surface area contributed by atoms with Gasteiger partial charge in [0.1, 0.15) is 0 Å². The number of benzene rings is 7. The zero-order valence-corrected chi connectivity index (χ0v) is 54.9. The van der Waals surface area contributed by atoms with Gasteiger partial charge in [-0.05, 0) is 186 Å².